The number of primary amides is 1. The first-order valence-electron chi connectivity index (χ1n) is 11.4. The summed E-state index contributed by atoms with van der Waals surface area (Å²) in [6.45, 7) is 0.209. The highest BCUT2D eigenvalue weighted by atomic mass is 16.6. The number of ether oxygens (including phenoxy) is 2. The van der Waals surface area contributed by atoms with Gasteiger partial charge in [-0.1, -0.05) is 0 Å². The quantitative estimate of drug-likeness (QED) is 0.502. The summed E-state index contributed by atoms with van der Waals surface area (Å²) in [5.74, 6) is -1.06. The Morgan fingerprint density at radius 3 is 2.61 bits per heavy atom. The molecular weight excluding hydrogens is 470 g/mol. The molecule has 1 unspecified atom stereocenters. The standard InChI is InChI=1S/C24H23N5O7/c25-24(34)36-16-8-15(9-16)35-14-2-4-18(26-10-14)21(31)27-13-1-3-17-12(7-13)11-29(23(17)33)19-5-6-20(30)28-22(19)32/h1-4,7,10,15-16,19H,5-6,8-9,11H2,(H2,25,34)(H,27,31)(H,28,30,32)/t15-,16+,19?. The van der Waals surface area contributed by atoms with Crippen molar-refractivity contribution in [2.75, 3.05) is 5.32 Å². The molecule has 1 aliphatic carbocycles. The van der Waals surface area contributed by atoms with Crippen LogP contribution in [0, 0.1) is 0 Å². The van der Waals surface area contributed by atoms with Gasteiger partial charge in [-0.15, -0.1) is 0 Å². The second kappa shape index (κ2) is 9.29. The van der Waals surface area contributed by atoms with E-state index in [4.69, 9.17) is 15.2 Å². The topological polar surface area (TPSA) is 170 Å². The Balaban J connectivity index is 1.18. The maximum atomic E-state index is 12.8. The molecule has 0 bridgehead atoms. The molecule has 5 rings (SSSR count). The summed E-state index contributed by atoms with van der Waals surface area (Å²) < 4.78 is 10.6. The highest BCUT2D eigenvalue weighted by molar-refractivity contribution is 6.06. The Labute approximate surface area is 205 Å². The fraction of sp³-hybridized carbons (Fsp3) is 0.333. The maximum absolute atomic E-state index is 12.8. The molecule has 1 saturated carbocycles. The zero-order chi connectivity index (χ0) is 25.4. The van der Waals surface area contributed by atoms with Gasteiger partial charge >= 0.3 is 6.09 Å². The van der Waals surface area contributed by atoms with Crippen LogP contribution in [-0.2, 0) is 20.9 Å². The third kappa shape index (κ3) is 4.69. The summed E-state index contributed by atoms with van der Waals surface area (Å²) in [5, 5.41) is 5.03. The van der Waals surface area contributed by atoms with Gasteiger partial charge in [0.05, 0.1) is 6.20 Å². The Bertz CT molecular complexity index is 1260. The van der Waals surface area contributed by atoms with Crippen molar-refractivity contribution in [2.24, 2.45) is 5.73 Å². The van der Waals surface area contributed by atoms with Gasteiger partial charge in [0.1, 0.15) is 29.7 Å². The number of amides is 5. The third-order valence-electron chi connectivity index (χ3n) is 6.39. The summed E-state index contributed by atoms with van der Waals surface area (Å²) in [4.78, 5) is 65.4. The molecule has 0 radical (unpaired) electrons. The fourth-order valence-electron chi connectivity index (χ4n) is 4.50. The van der Waals surface area contributed by atoms with E-state index in [1.807, 2.05) is 0 Å². The van der Waals surface area contributed by atoms with E-state index in [2.05, 4.69) is 15.6 Å². The fourth-order valence-corrected chi connectivity index (χ4v) is 4.50. The lowest BCUT2D eigenvalue weighted by atomic mass is 9.92. The average Bonchev–Trinajstić information content (AvgIpc) is 3.13. The monoisotopic (exact) mass is 493 g/mol. The van der Waals surface area contributed by atoms with E-state index in [9.17, 15) is 24.0 Å². The van der Waals surface area contributed by atoms with Crippen LogP contribution in [0.15, 0.2) is 36.5 Å². The number of rotatable bonds is 6. The van der Waals surface area contributed by atoms with Crippen molar-refractivity contribution >= 4 is 35.4 Å². The lowest BCUT2D eigenvalue weighted by molar-refractivity contribution is -0.136. The van der Waals surface area contributed by atoms with Gasteiger partial charge in [0.2, 0.25) is 11.8 Å². The summed E-state index contributed by atoms with van der Waals surface area (Å²) in [6, 6.07) is 7.37. The molecule has 2 aromatic rings. The SMILES string of the molecule is NC(=O)O[C@H]1C[C@@H](Oc2ccc(C(=O)Nc3ccc4c(c3)CN(C3CCC(=O)NC3=O)C4=O)nc2)C1. The second-order valence-corrected chi connectivity index (χ2v) is 8.88. The van der Waals surface area contributed by atoms with E-state index in [-0.39, 0.29) is 49.1 Å². The van der Waals surface area contributed by atoms with Crippen molar-refractivity contribution in [3.8, 4) is 5.75 Å². The summed E-state index contributed by atoms with van der Waals surface area (Å²) >= 11 is 0. The number of nitrogens with zero attached hydrogens (tertiary/aromatic N) is 2. The largest absolute Gasteiger partial charge is 0.489 e. The molecule has 0 spiro atoms. The van der Waals surface area contributed by atoms with Gasteiger partial charge in [0.25, 0.3) is 11.8 Å². The molecule has 12 heteroatoms. The average molecular weight is 493 g/mol. The first-order valence-corrected chi connectivity index (χ1v) is 11.4. The number of piperidine rings is 1. The van der Waals surface area contributed by atoms with Gasteiger partial charge in [-0.05, 0) is 42.3 Å². The number of hydrogen-bond acceptors (Lipinski definition) is 8. The van der Waals surface area contributed by atoms with Crippen LogP contribution in [0.2, 0.25) is 0 Å². The minimum absolute atomic E-state index is 0.121. The second-order valence-electron chi connectivity index (χ2n) is 8.88. The summed E-state index contributed by atoms with van der Waals surface area (Å²) in [5.41, 5.74) is 6.78. The normalized spacial score (nSPS) is 22.8. The molecule has 4 N–H and O–H groups in total. The Hall–Kier alpha value is -4.48. The number of pyridine rings is 1. The Morgan fingerprint density at radius 2 is 1.92 bits per heavy atom. The highest BCUT2D eigenvalue weighted by Crippen LogP contribution is 2.30. The van der Waals surface area contributed by atoms with Crippen molar-refractivity contribution in [3.05, 3.63) is 53.3 Å². The van der Waals surface area contributed by atoms with E-state index in [1.165, 1.54) is 17.2 Å². The number of carbonyl (C=O) groups excluding carboxylic acids is 5. The van der Waals surface area contributed by atoms with Crippen LogP contribution in [0.5, 0.6) is 5.75 Å². The number of nitrogens with two attached hydrogens (primary N) is 1. The van der Waals surface area contributed by atoms with Gasteiger partial charge in [-0.25, -0.2) is 9.78 Å². The van der Waals surface area contributed by atoms with E-state index in [0.717, 1.165) is 0 Å². The zero-order valence-corrected chi connectivity index (χ0v) is 19.1. The first-order chi connectivity index (χ1) is 17.3. The van der Waals surface area contributed by atoms with Crippen molar-refractivity contribution in [3.63, 3.8) is 0 Å². The molecule has 1 aromatic carbocycles. The number of carbonyl (C=O) groups is 5. The molecule has 186 valence electrons. The van der Waals surface area contributed by atoms with Crippen molar-refractivity contribution in [1.82, 2.24) is 15.2 Å². The van der Waals surface area contributed by atoms with Crippen LogP contribution in [0.3, 0.4) is 0 Å². The van der Waals surface area contributed by atoms with Crippen LogP contribution < -0.4 is 21.1 Å². The van der Waals surface area contributed by atoms with Crippen molar-refractivity contribution in [1.29, 1.82) is 0 Å². The minimum atomic E-state index is -0.808. The number of fused-ring (bicyclic) bond motifs is 1. The third-order valence-corrected chi connectivity index (χ3v) is 6.39. The molecule has 2 aliphatic heterocycles. The lowest BCUT2D eigenvalue weighted by Gasteiger charge is -2.34. The molecule has 1 saturated heterocycles. The molecule has 36 heavy (non-hydrogen) atoms. The number of benzene rings is 1. The highest BCUT2D eigenvalue weighted by Gasteiger charge is 2.39. The predicted molar refractivity (Wildman–Crippen MR) is 123 cm³/mol. The molecule has 1 aromatic heterocycles. The number of hydrogen-bond donors (Lipinski definition) is 3. The molecule has 3 heterocycles. The van der Waals surface area contributed by atoms with Crippen LogP contribution in [-0.4, -0.2) is 57.9 Å². The number of nitrogens with one attached hydrogen (secondary N) is 2. The van der Waals surface area contributed by atoms with E-state index in [1.54, 1.807) is 24.3 Å². The van der Waals surface area contributed by atoms with Gasteiger partial charge in [-0.2, -0.15) is 0 Å². The molecule has 5 amide bonds. The first kappa shape index (κ1) is 23.3. The van der Waals surface area contributed by atoms with Gasteiger partial charge < -0.3 is 25.4 Å². The number of anilines is 1. The van der Waals surface area contributed by atoms with Gasteiger partial charge in [-0.3, -0.25) is 24.5 Å². The van der Waals surface area contributed by atoms with E-state index < -0.39 is 23.9 Å². The minimum Gasteiger partial charge on any atom is -0.489 e. The van der Waals surface area contributed by atoms with E-state index >= 15 is 0 Å². The maximum Gasteiger partial charge on any atom is 0.404 e. The lowest BCUT2D eigenvalue weighted by Crippen LogP contribution is -2.52. The Morgan fingerprint density at radius 1 is 1.11 bits per heavy atom. The molecule has 1 atom stereocenters. The smallest absolute Gasteiger partial charge is 0.404 e. The molecular formula is C24H23N5O7. The predicted octanol–water partition coefficient (Wildman–Crippen LogP) is 1.10. The van der Waals surface area contributed by atoms with Crippen LogP contribution in [0.4, 0.5) is 10.5 Å². The zero-order valence-electron chi connectivity index (χ0n) is 19.1. The number of imide groups is 1. The molecule has 2 fully saturated rings. The van der Waals surface area contributed by atoms with Crippen LogP contribution in [0.25, 0.3) is 0 Å². The van der Waals surface area contributed by atoms with Crippen molar-refractivity contribution < 1.29 is 33.4 Å². The van der Waals surface area contributed by atoms with Crippen molar-refractivity contribution in [2.45, 2.75) is 50.5 Å². The summed E-state index contributed by atoms with van der Waals surface area (Å²) in [6.07, 6.45) is 1.79. The molecule has 12 nitrogen and oxygen atoms in total. The van der Waals surface area contributed by atoms with Gasteiger partial charge in [0.15, 0.2) is 0 Å². The molecule has 3 aliphatic rings. The van der Waals surface area contributed by atoms with Crippen LogP contribution in [0.1, 0.15) is 52.1 Å². The number of aromatic nitrogens is 1. The van der Waals surface area contributed by atoms with Gasteiger partial charge in [0, 0.05) is 37.1 Å². The Kier molecular flexibility index (Phi) is 6.00. The van der Waals surface area contributed by atoms with E-state index in [0.29, 0.717) is 35.4 Å². The van der Waals surface area contributed by atoms with Crippen LogP contribution >= 0.6 is 0 Å². The summed E-state index contributed by atoms with van der Waals surface area (Å²) in [7, 11) is 0.